The molecule has 0 fully saturated rings. The minimum absolute atomic E-state index is 0.0505. The number of hydrogen-bond donors (Lipinski definition) is 5. The van der Waals surface area contributed by atoms with Gasteiger partial charge in [0.05, 0.1) is 25.9 Å². The van der Waals surface area contributed by atoms with E-state index in [1.54, 1.807) is 12.1 Å². The minimum atomic E-state index is -1.43. The first-order valence-electron chi connectivity index (χ1n) is 12.8. The fourth-order valence-corrected chi connectivity index (χ4v) is 4.79. The van der Waals surface area contributed by atoms with Crippen molar-refractivity contribution in [3.8, 4) is 5.75 Å². The fourth-order valence-electron chi connectivity index (χ4n) is 4.26. The predicted molar refractivity (Wildman–Crippen MR) is 158 cm³/mol. The largest absolute Gasteiger partial charge is 0.494 e. The summed E-state index contributed by atoms with van der Waals surface area (Å²) in [5, 5.41) is 28.0. The molecule has 0 aliphatic carbocycles. The first-order valence-corrected chi connectivity index (χ1v) is 14.4. The van der Waals surface area contributed by atoms with Crippen molar-refractivity contribution in [2.24, 2.45) is 4.99 Å². The monoisotopic (exact) mass is 675 g/mol. The number of ether oxygens (including phenoxy) is 2. The van der Waals surface area contributed by atoms with Crippen molar-refractivity contribution in [1.29, 1.82) is 0 Å². The maximum atomic E-state index is 14.0. The lowest BCUT2D eigenvalue weighted by atomic mass is 9.82. The number of carbonyl (C=O) groups excluding carboxylic acids is 1. The number of halogens is 2. The summed E-state index contributed by atoms with van der Waals surface area (Å²) in [6.45, 7) is -0.297. The Hall–Kier alpha value is -2.80. The van der Waals surface area contributed by atoms with Crippen LogP contribution in [0.2, 0.25) is 0 Å². The summed E-state index contributed by atoms with van der Waals surface area (Å²) in [5.74, 6) is 0.458. The highest BCUT2D eigenvalue weighted by Crippen LogP contribution is 2.43. The highest BCUT2D eigenvalue weighted by molar-refractivity contribution is 9.10. The molecule has 9 nitrogen and oxygen atoms in total. The number of aliphatic imine (C=N–C) groups is 1. The Bertz CT molecular complexity index is 1280. The third kappa shape index (κ3) is 7.28. The van der Waals surface area contributed by atoms with E-state index in [4.69, 9.17) is 19.6 Å². The number of amides is 1. The van der Waals surface area contributed by atoms with Gasteiger partial charge in [-0.15, -0.1) is 0 Å². The molecule has 0 aromatic heterocycles. The molecule has 1 aliphatic heterocycles. The highest BCUT2D eigenvalue weighted by atomic mass is 79.9. The number of carbonyl (C=O) groups is 1. The van der Waals surface area contributed by atoms with E-state index < -0.39 is 23.6 Å². The second-order valence-electron chi connectivity index (χ2n) is 9.30. The van der Waals surface area contributed by atoms with E-state index in [2.05, 4.69) is 42.7 Å². The van der Waals surface area contributed by atoms with Gasteiger partial charge in [0.15, 0.2) is 11.6 Å². The maximum absolute atomic E-state index is 14.0. The van der Waals surface area contributed by atoms with Gasteiger partial charge in [-0.1, -0.05) is 56.1 Å². The molecule has 40 heavy (non-hydrogen) atoms. The molecule has 0 unspecified atom stereocenters. The van der Waals surface area contributed by atoms with Gasteiger partial charge >= 0.3 is 0 Å². The number of benzene rings is 3. The van der Waals surface area contributed by atoms with E-state index in [9.17, 15) is 15.0 Å². The van der Waals surface area contributed by atoms with Crippen LogP contribution in [0.25, 0.3) is 0 Å². The normalized spacial score (nSPS) is 18.4. The summed E-state index contributed by atoms with van der Waals surface area (Å²) in [7, 11) is 0. The Morgan fingerprint density at radius 3 is 2.17 bits per heavy atom. The Morgan fingerprint density at radius 2 is 1.57 bits per heavy atom. The van der Waals surface area contributed by atoms with Crippen LogP contribution < -0.4 is 15.6 Å². The van der Waals surface area contributed by atoms with Crippen LogP contribution in [-0.4, -0.2) is 65.1 Å². The van der Waals surface area contributed by atoms with Crippen LogP contribution in [-0.2, 0) is 16.0 Å². The lowest BCUT2D eigenvalue weighted by Gasteiger charge is -2.31. The van der Waals surface area contributed by atoms with Gasteiger partial charge in [-0.2, -0.15) is 0 Å². The Labute approximate surface area is 249 Å². The van der Waals surface area contributed by atoms with E-state index in [0.717, 1.165) is 20.1 Å². The Kier molecular flexibility index (Phi) is 10.7. The third-order valence-electron chi connectivity index (χ3n) is 6.42. The second kappa shape index (κ2) is 14.2. The van der Waals surface area contributed by atoms with Crippen LogP contribution >= 0.6 is 31.9 Å². The van der Waals surface area contributed by atoms with Crippen LogP contribution in [0.5, 0.6) is 5.75 Å². The number of nitrogens with one attached hydrogen (secondary N) is 2. The first-order chi connectivity index (χ1) is 19.4. The van der Waals surface area contributed by atoms with Gasteiger partial charge in [-0.3, -0.25) is 10.2 Å². The maximum Gasteiger partial charge on any atom is 0.266 e. The topological polar surface area (TPSA) is 133 Å². The minimum Gasteiger partial charge on any atom is -0.494 e. The SMILES string of the molecule is O=C(NNC(CO)CO)[C@@]1(Cc2ccc(Br)cc2)N=C(c2ccc(OCCCO)cc2)O[C@H]1c1ccc(Br)cc1. The van der Waals surface area contributed by atoms with Crippen LogP contribution in [0.15, 0.2) is 86.7 Å². The van der Waals surface area contributed by atoms with E-state index in [1.807, 2.05) is 60.7 Å². The van der Waals surface area contributed by atoms with Gasteiger partial charge in [-0.25, -0.2) is 10.4 Å². The quantitative estimate of drug-likeness (QED) is 0.138. The highest BCUT2D eigenvalue weighted by Gasteiger charge is 2.53. The molecule has 11 heteroatoms. The average molecular weight is 677 g/mol. The van der Waals surface area contributed by atoms with Crippen LogP contribution in [0.4, 0.5) is 0 Å². The molecule has 2 atom stereocenters. The standard InChI is InChI=1S/C29H31Br2N3O6/c30-22-8-2-19(3-9-22)16-29(28(38)34-33-24(17-36)18-37)26(20-4-10-23(31)11-5-20)40-27(32-29)21-6-12-25(13-7-21)39-15-1-14-35/h2-13,24,26,33,35-37H,1,14-18H2,(H,34,38)/t26-,29-/m0/s1. The van der Waals surface area contributed by atoms with Crippen molar-refractivity contribution in [2.45, 2.75) is 30.5 Å². The van der Waals surface area contributed by atoms with Crippen molar-refractivity contribution in [3.05, 3.63) is 98.4 Å². The molecule has 0 saturated heterocycles. The van der Waals surface area contributed by atoms with Gasteiger partial charge in [-0.05, 0) is 59.7 Å². The van der Waals surface area contributed by atoms with Crippen LogP contribution in [0.1, 0.15) is 29.2 Å². The summed E-state index contributed by atoms with van der Waals surface area (Å²) in [6.07, 6.45) is -0.0477. The van der Waals surface area contributed by atoms with Crippen LogP contribution in [0.3, 0.4) is 0 Å². The smallest absolute Gasteiger partial charge is 0.266 e. The number of aliphatic hydroxyl groups is 3. The predicted octanol–water partition coefficient (Wildman–Crippen LogP) is 3.45. The van der Waals surface area contributed by atoms with E-state index in [0.29, 0.717) is 30.2 Å². The summed E-state index contributed by atoms with van der Waals surface area (Å²) in [4.78, 5) is 19.0. The zero-order chi connectivity index (χ0) is 28.5. The molecule has 0 spiro atoms. The number of nitrogens with zero attached hydrogens (tertiary/aromatic N) is 1. The van der Waals surface area contributed by atoms with Crippen LogP contribution in [0, 0.1) is 0 Å². The number of hydrogen-bond acceptors (Lipinski definition) is 8. The van der Waals surface area contributed by atoms with Crippen molar-refractivity contribution < 1.29 is 29.6 Å². The average Bonchev–Trinajstić information content (AvgIpc) is 3.36. The lowest BCUT2D eigenvalue weighted by molar-refractivity contribution is -0.130. The molecular weight excluding hydrogens is 646 g/mol. The van der Waals surface area contributed by atoms with Gasteiger partial charge in [0.2, 0.25) is 5.90 Å². The van der Waals surface area contributed by atoms with E-state index >= 15 is 0 Å². The second-order valence-corrected chi connectivity index (χ2v) is 11.1. The molecule has 1 heterocycles. The first kappa shape index (κ1) is 30.2. The molecular formula is C29H31Br2N3O6. The van der Waals surface area contributed by atoms with Gasteiger partial charge in [0.1, 0.15) is 5.75 Å². The van der Waals surface area contributed by atoms with Gasteiger partial charge in [0.25, 0.3) is 5.91 Å². The molecule has 1 amide bonds. The zero-order valence-corrected chi connectivity index (χ0v) is 24.8. The van der Waals surface area contributed by atoms with Gasteiger partial charge in [0, 0.05) is 34.0 Å². The van der Waals surface area contributed by atoms with E-state index in [-0.39, 0.29) is 26.2 Å². The Balaban J connectivity index is 1.76. The van der Waals surface area contributed by atoms with Crippen molar-refractivity contribution in [3.63, 3.8) is 0 Å². The Morgan fingerprint density at radius 1 is 0.950 bits per heavy atom. The molecule has 1 aliphatic rings. The molecule has 212 valence electrons. The van der Waals surface area contributed by atoms with Crippen molar-refractivity contribution in [1.82, 2.24) is 10.9 Å². The molecule has 3 aromatic rings. The van der Waals surface area contributed by atoms with Gasteiger partial charge < -0.3 is 24.8 Å². The molecule has 0 radical (unpaired) electrons. The molecule has 4 rings (SSSR count). The third-order valence-corrected chi connectivity index (χ3v) is 7.48. The van der Waals surface area contributed by atoms with E-state index in [1.165, 1.54) is 0 Å². The van der Waals surface area contributed by atoms with Crippen molar-refractivity contribution in [2.75, 3.05) is 26.4 Å². The summed E-state index contributed by atoms with van der Waals surface area (Å²) in [6, 6.07) is 21.6. The summed E-state index contributed by atoms with van der Waals surface area (Å²) >= 11 is 6.93. The molecule has 3 aromatic carbocycles. The van der Waals surface area contributed by atoms with Crippen molar-refractivity contribution >= 4 is 43.7 Å². The molecule has 0 saturated carbocycles. The number of rotatable bonds is 13. The fraction of sp³-hybridized carbons (Fsp3) is 0.310. The number of hydrazine groups is 1. The molecule has 5 N–H and O–H groups in total. The summed E-state index contributed by atoms with van der Waals surface area (Å²) < 4.78 is 13.9. The lowest BCUT2D eigenvalue weighted by Crippen LogP contribution is -2.57. The number of aliphatic hydroxyl groups excluding tert-OH is 3. The zero-order valence-electron chi connectivity index (χ0n) is 21.6. The summed E-state index contributed by atoms with van der Waals surface area (Å²) in [5.41, 5.74) is 6.22. The molecule has 0 bridgehead atoms.